The van der Waals surface area contributed by atoms with Crippen molar-refractivity contribution in [3.63, 3.8) is 0 Å². The van der Waals surface area contributed by atoms with Gasteiger partial charge in [-0.15, -0.1) is 0 Å². The minimum atomic E-state index is -1.16. The van der Waals surface area contributed by atoms with Crippen molar-refractivity contribution in [1.29, 1.82) is 0 Å². The van der Waals surface area contributed by atoms with Crippen molar-refractivity contribution in [2.24, 2.45) is 16.9 Å². The van der Waals surface area contributed by atoms with Crippen LogP contribution >= 0.6 is 0 Å². The van der Waals surface area contributed by atoms with E-state index in [1.165, 1.54) is 17.2 Å². The van der Waals surface area contributed by atoms with E-state index >= 15 is 0 Å². The number of nitro groups is 1. The zero-order valence-corrected chi connectivity index (χ0v) is 20.8. The van der Waals surface area contributed by atoms with Crippen molar-refractivity contribution in [3.8, 4) is 0 Å². The number of carbonyl (C=O) groups excluding carboxylic acids is 3. The van der Waals surface area contributed by atoms with E-state index in [1.54, 1.807) is 24.3 Å². The van der Waals surface area contributed by atoms with Crippen molar-refractivity contribution in [1.82, 2.24) is 5.43 Å². The first-order valence-electron chi connectivity index (χ1n) is 12.6. The Morgan fingerprint density at radius 1 is 0.900 bits per heavy atom. The molecule has 1 saturated heterocycles. The quantitative estimate of drug-likeness (QED) is 0.178. The molecule has 1 N–H and O–H groups in total. The largest absolute Gasteiger partial charge is 0.433 e. The first-order valence-corrected chi connectivity index (χ1v) is 12.6. The molecular formula is C30H20N4O6. The molecule has 40 heavy (non-hydrogen) atoms. The number of hydrogen-bond acceptors (Lipinski definition) is 7. The SMILES string of the molecule is O=C(N/N=C\C12c3ccccc3C(c3ccccc31)[C@@H]1C(=O)N(c3ccccc3)C(=O)[C@H]12)c1ccc([N+](=O)[O-])o1. The molecule has 4 aromatic rings. The van der Waals surface area contributed by atoms with Gasteiger partial charge in [0.25, 0.3) is 0 Å². The summed E-state index contributed by atoms with van der Waals surface area (Å²) in [7, 11) is 0. The van der Waals surface area contributed by atoms with Gasteiger partial charge in [0.05, 0.1) is 29.0 Å². The van der Waals surface area contributed by atoms with E-state index in [-0.39, 0.29) is 23.5 Å². The molecule has 0 unspecified atom stereocenters. The number of nitrogens with one attached hydrogen (secondary N) is 1. The summed E-state index contributed by atoms with van der Waals surface area (Å²) in [5.41, 5.74) is 5.26. The second-order valence-electron chi connectivity index (χ2n) is 9.97. The lowest BCUT2D eigenvalue weighted by Gasteiger charge is -2.52. The standard InChI is InChI=1S/C30H20N4O6/c35-27(22-14-15-23(40-22)34(38)39)32-31-16-30-20-12-6-4-10-18(20)24(19-11-5-7-13-21(19)30)25-26(30)29(37)33(28(25)36)17-8-2-1-3-9-17/h1-16,24-26H,(H,32,35)/b31-16-/t24?,25-,26-,30?/m0/s1. The van der Waals surface area contributed by atoms with Gasteiger partial charge in [0, 0.05) is 12.1 Å². The maximum absolute atomic E-state index is 14.2. The summed E-state index contributed by atoms with van der Waals surface area (Å²) < 4.78 is 4.99. The molecule has 1 fully saturated rings. The fourth-order valence-electron chi connectivity index (χ4n) is 6.68. The summed E-state index contributed by atoms with van der Waals surface area (Å²) in [6.45, 7) is 0. The van der Waals surface area contributed by atoms with Crippen LogP contribution in [0, 0.1) is 22.0 Å². The van der Waals surface area contributed by atoms with Crippen LogP contribution in [0.4, 0.5) is 11.6 Å². The average molecular weight is 533 g/mol. The molecule has 0 saturated carbocycles. The minimum Gasteiger partial charge on any atom is -0.395 e. The third-order valence-corrected chi connectivity index (χ3v) is 8.13. The second kappa shape index (κ2) is 8.57. The maximum atomic E-state index is 14.2. The molecule has 1 aliphatic heterocycles. The Balaban J connectivity index is 1.38. The van der Waals surface area contributed by atoms with Crippen LogP contribution in [0.3, 0.4) is 0 Å². The number of rotatable bonds is 5. The van der Waals surface area contributed by atoms with Gasteiger partial charge in [0.15, 0.2) is 0 Å². The van der Waals surface area contributed by atoms with Crippen LogP contribution in [0.15, 0.2) is 101 Å². The first-order chi connectivity index (χ1) is 19.4. The second-order valence-corrected chi connectivity index (χ2v) is 9.97. The number of hydrazone groups is 1. The summed E-state index contributed by atoms with van der Waals surface area (Å²) in [4.78, 5) is 52.5. The Kier molecular flexibility index (Phi) is 5.08. The summed E-state index contributed by atoms with van der Waals surface area (Å²) in [6.07, 6.45) is 1.52. The Hall–Kier alpha value is -5.38. The van der Waals surface area contributed by atoms with Crippen molar-refractivity contribution in [2.75, 3.05) is 4.90 Å². The van der Waals surface area contributed by atoms with Gasteiger partial charge in [-0.25, -0.2) is 10.3 Å². The van der Waals surface area contributed by atoms with Gasteiger partial charge in [-0.3, -0.25) is 24.5 Å². The van der Waals surface area contributed by atoms with Crippen LogP contribution < -0.4 is 10.3 Å². The number of amides is 3. The molecule has 10 heteroatoms. The van der Waals surface area contributed by atoms with Gasteiger partial charge in [-0.2, -0.15) is 5.10 Å². The van der Waals surface area contributed by atoms with Crippen molar-refractivity contribution in [2.45, 2.75) is 11.3 Å². The van der Waals surface area contributed by atoms with Crippen molar-refractivity contribution < 1.29 is 23.7 Å². The Morgan fingerprint density at radius 3 is 2.15 bits per heavy atom. The van der Waals surface area contributed by atoms with E-state index in [2.05, 4.69) is 10.5 Å². The maximum Gasteiger partial charge on any atom is 0.433 e. The summed E-state index contributed by atoms with van der Waals surface area (Å²) >= 11 is 0. The number of para-hydroxylation sites is 1. The molecule has 3 aromatic carbocycles. The molecule has 3 amide bonds. The molecule has 2 atom stereocenters. The molecule has 8 rings (SSSR count). The highest BCUT2D eigenvalue weighted by atomic mass is 16.6. The smallest absolute Gasteiger partial charge is 0.395 e. The summed E-state index contributed by atoms with van der Waals surface area (Å²) in [6, 6.07) is 26.5. The number of furan rings is 1. The zero-order chi connectivity index (χ0) is 27.6. The lowest BCUT2D eigenvalue weighted by atomic mass is 9.47. The number of nitrogens with zero attached hydrogens (tertiary/aromatic N) is 3. The van der Waals surface area contributed by atoms with E-state index < -0.39 is 34.0 Å². The normalized spacial score (nSPS) is 24.1. The fraction of sp³-hybridized carbons (Fsp3) is 0.133. The minimum absolute atomic E-state index is 0.278. The van der Waals surface area contributed by atoms with E-state index in [1.807, 2.05) is 54.6 Å². The summed E-state index contributed by atoms with van der Waals surface area (Å²) in [5.74, 6) is -4.06. The van der Waals surface area contributed by atoms with Crippen LogP contribution in [-0.2, 0) is 15.0 Å². The lowest BCUT2D eigenvalue weighted by Crippen LogP contribution is -2.54. The molecule has 0 spiro atoms. The molecular weight excluding hydrogens is 512 g/mol. The van der Waals surface area contributed by atoms with Crippen LogP contribution in [-0.4, -0.2) is 28.9 Å². The average Bonchev–Trinajstić information content (AvgIpc) is 3.58. The number of anilines is 1. The monoisotopic (exact) mass is 532 g/mol. The summed E-state index contributed by atoms with van der Waals surface area (Å²) in [5, 5.41) is 15.2. The Labute approximate surface area is 227 Å². The van der Waals surface area contributed by atoms with E-state index in [0.717, 1.165) is 28.3 Å². The van der Waals surface area contributed by atoms with Crippen LogP contribution in [0.5, 0.6) is 0 Å². The van der Waals surface area contributed by atoms with Crippen molar-refractivity contribution in [3.05, 3.63) is 129 Å². The third-order valence-electron chi connectivity index (χ3n) is 8.13. The molecule has 10 nitrogen and oxygen atoms in total. The van der Waals surface area contributed by atoms with Gasteiger partial charge in [-0.1, -0.05) is 66.7 Å². The van der Waals surface area contributed by atoms with Gasteiger partial charge < -0.3 is 4.42 Å². The van der Waals surface area contributed by atoms with Gasteiger partial charge >= 0.3 is 11.8 Å². The van der Waals surface area contributed by atoms with Gasteiger partial charge in [0.1, 0.15) is 4.92 Å². The topological polar surface area (TPSA) is 135 Å². The van der Waals surface area contributed by atoms with Crippen LogP contribution in [0.25, 0.3) is 0 Å². The molecule has 4 aliphatic rings. The molecule has 0 radical (unpaired) electrons. The Bertz CT molecular complexity index is 1710. The molecule has 2 heterocycles. The first kappa shape index (κ1) is 23.7. The van der Waals surface area contributed by atoms with E-state index in [4.69, 9.17) is 4.42 Å². The number of benzene rings is 3. The van der Waals surface area contributed by atoms with E-state index in [0.29, 0.717) is 5.69 Å². The Morgan fingerprint density at radius 2 is 1.52 bits per heavy atom. The molecule has 196 valence electrons. The third kappa shape index (κ3) is 3.10. The van der Waals surface area contributed by atoms with Gasteiger partial charge in [-0.05, 0) is 40.5 Å². The van der Waals surface area contributed by atoms with Gasteiger partial charge in [0.2, 0.25) is 17.6 Å². The zero-order valence-electron chi connectivity index (χ0n) is 20.8. The molecule has 1 aromatic heterocycles. The highest BCUT2D eigenvalue weighted by Gasteiger charge is 2.68. The number of carbonyl (C=O) groups is 3. The predicted octanol–water partition coefficient (Wildman–Crippen LogP) is 4.15. The fourth-order valence-corrected chi connectivity index (χ4v) is 6.68. The number of imide groups is 1. The predicted molar refractivity (Wildman–Crippen MR) is 143 cm³/mol. The van der Waals surface area contributed by atoms with E-state index in [9.17, 15) is 24.5 Å². The highest BCUT2D eigenvalue weighted by Crippen LogP contribution is 2.63. The highest BCUT2D eigenvalue weighted by molar-refractivity contribution is 6.25. The van der Waals surface area contributed by atoms with Crippen molar-refractivity contribution >= 4 is 35.5 Å². The molecule has 3 aliphatic carbocycles. The molecule has 2 bridgehead atoms. The van der Waals surface area contributed by atoms with Crippen LogP contribution in [0.2, 0.25) is 0 Å². The van der Waals surface area contributed by atoms with Crippen LogP contribution in [0.1, 0.15) is 38.7 Å². The lowest BCUT2D eigenvalue weighted by molar-refractivity contribution is -0.402. The number of hydrogen-bond donors (Lipinski definition) is 1.